The number of carbonyl (C=O) groups is 1. The molecule has 7 N–H and O–H groups in total. The van der Waals surface area contributed by atoms with Crippen LogP contribution in [0, 0.1) is 0 Å². The first-order chi connectivity index (χ1) is 32.3. The predicted molar refractivity (Wildman–Crippen MR) is 273 cm³/mol. The second kappa shape index (κ2) is 46.0. The summed E-state index contributed by atoms with van der Waals surface area (Å²) in [7, 11) is 0. The van der Waals surface area contributed by atoms with Crippen molar-refractivity contribution in [1.82, 2.24) is 5.32 Å². The first kappa shape index (κ1) is 62.6. The molecule has 1 aliphatic heterocycles. The number of nitrogens with one attached hydrogen (secondary N) is 1. The number of ether oxygens (including phenoxy) is 2. The van der Waals surface area contributed by atoms with Crippen LogP contribution in [0.25, 0.3) is 0 Å². The summed E-state index contributed by atoms with van der Waals surface area (Å²) in [5.41, 5.74) is 0. The lowest BCUT2D eigenvalue weighted by molar-refractivity contribution is -0.302. The van der Waals surface area contributed by atoms with Gasteiger partial charge in [-0.05, 0) is 32.1 Å². The monoisotopic (exact) mass is 938 g/mol. The van der Waals surface area contributed by atoms with Crippen LogP contribution >= 0.6 is 0 Å². The van der Waals surface area contributed by atoms with Crippen LogP contribution in [0.1, 0.15) is 264 Å². The fourth-order valence-electron chi connectivity index (χ4n) is 9.06. The van der Waals surface area contributed by atoms with E-state index < -0.39 is 61.5 Å². The molecule has 10 heteroatoms. The van der Waals surface area contributed by atoms with Crippen molar-refractivity contribution in [3.63, 3.8) is 0 Å². The normalized spacial score (nSPS) is 20.4. The third kappa shape index (κ3) is 34.8. The van der Waals surface area contributed by atoms with Crippen molar-refractivity contribution in [3.8, 4) is 0 Å². The maximum atomic E-state index is 13.1. The Bertz CT molecular complexity index is 1110. The third-order valence-corrected chi connectivity index (χ3v) is 13.6. The van der Waals surface area contributed by atoms with Crippen LogP contribution in [-0.4, -0.2) is 98.7 Å². The zero-order chi connectivity index (χ0) is 48.1. The molecule has 0 aromatic heterocycles. The van der Waals surface area contributed by atoms with E-state index in [0.717, 1.165) is 38.5 Å². The van der Waals surface area contributed by atoms with Crippen molar-refractivity contribution < 1.29 is 44.9 Å². The summed E-state index contributed by atoms with van der Waals surface area (Å²) < 4.78 is 11.2. The Morgan fingerprint density at radius 1 is 0.515 bits per heavy atom. The largest absolute Gasteiger partial charge is 0.394 e. The number of rotatable bonds is 48. The Hall–Kier alpha value is -1.37. The van der Waals surface area contributed by atoms with Crippen LogP contribution in [0.15, 0.2) is 24.3 Å². The zero-order valence-electron chi connectivity index (χ0n) is 42.8. The number of carbonyl (C=O) groups excluding carboxylic acids is 1. The van der Waals surface area contributed by atoms with Crippen LogP contribution < -0.4 is 5.32 Å². The van der Waals surface area contributed by atoms with Gasteiger partial charge in [0, 0.05) is 0 Å². The lowest BCUT2D eigenvalue weighted by Gasteiger charge is -2.40. The summed E-state index contributed by atoms with van der Waals surface area (Å²) in [6.07, 6.45) is 47.2. The van der Waals surface area contributed by atoms with E-state index in [9.17, 15) is 35.4 Å². The lowest BCUT2D eigenvalue weighted by Crippen LogP contribution is -2.60. The quantitative estimate of drug-likeness (QED) is 0.0232. The average molecular weight is 938 g/mol. The summed E-state index contributed by atoms with van der Waals surface area (Å²) in [6.45, 7) is 3.61. The minimum absolute atomic E-state index is 0.308. The molecule has 0 radical (unpaired) electrons. The Morgan fingerprint density at radius 3 is 1.32 bits per heavy atom. The second-order valence-corrected chi connectivity index (χ2v) is 19.9. The van der Waals surface area contributed by atoms with Gasteiger partial charge in [0.25, 0.3) is 0 Å². The van der Waals surface area contributed by atoms with Crippen molar-refractivity contribution in [3.05, 3.63) is 24.3 Å². The van der Waals surface area contributed by atoms with E-state index in [1.54, 1.807) is 6.08 Å². The maximum Gasteiger partial charge on any atom is 0.249 e. The average Bonchev–Trinajstić information content (AvgIpc) is 3.32. The van der Waals surface area contributed by atoms with Crippen LogP contribution in [0.2, 0.25) is 0 Å². The third-order valence-electron chi connectivity index (χ3n) is 13.6. The number of unbranched alkanes of at least 4 members (excludes halogenated alkanes) is 35. The zero-order valence-corrected chi connectivity index (χ0v) is 42.8. The molecule has 1 aliphatic rings. The van der Waals surface area contributed by atoms with Gasteiger partial charge >= 0.3 is 0 Å². The van der Waals surface area contributed by atoms with Gasteiger partial charge in [0.2, 0.25) is 5.91 Å². The van der Waals surface area contributed by atoms with Gasteiger partial charge in [0.1, 0.15) is 30.5 Å². The van der Waals surface area contributed by atoms with E-state index >= 15 is 0 Å². The smallest absolute Gasteiger partial charge is 0.249 e. The molecule has 1 heterocycles. The van der Waals surface area contributed by atoms with E-state index in [0.29, 0.717) is 12.8 Å². The van der Waals surface area contributed by atoms with Crippen molar-refractivity contribution in [1.29, 1.82) is 0 Å². The highest BCUT2D eigenvalue weighted by atomic mass is 16.7. The number of amides is 1. The Morgan fingerprint density at radius 2 is 0.894 bits per heavy atom. The van der Waals surface area contributed by atoms with Crippen LogP contribution in [0.5, 0.6) is 0 Å². The van der Waals surface area contributed by atoms with Gasteiger partial charge in [-0.25, -0.2) is 0 Å². The molecule has 1 rings (SSSR count). The molecule has 0 spiro atoms. The fraction of sp³-hybridized carbons (Fsp3) is 0.911. The molecule has 0 aromatic carbocycles. The van der Waals surface area contributed by atoms with E-state index in [2.05, 4.69) is 31.3 Å². The minimum Gasteiger partial charge on any atom is -0.394 e. The molecule has 0 bridgehead atoms. The first-order valence-electron chi connectivity index (χ1n) is 28.2. The Balaban J connectivity index is 2.23. The summed E-state index contributed by atoms with van der Waals surface area (Å²) in [5.74, 6) is -0.622. The Kier molecular flexibility index (Phi) is 43.7. The standard InChI is InChI=1S/C56H107NO9/c1-3-5-7-9-11-13-15-17-19-20-21-22-23-24-25-26-27-28-29-30-31-33-35-37-39-41-43-45-50(60)55(64)57-48(47-65-56-54(63)53(62)52(61)51(46-58)66-56)49(59)44-42-40-38-36-34-32-18-16-14-12-10-8-6-4-2/h34,36,42,44,48-54,56,58-63H,3-33,35,37-41,43,45-47H2,1-2H3,(H,57,64)/b36-34+,44-42+. The Labute approximate surface area is 405 Å². The molecule has 10 nitrogen and oxygen atoms in total. The second-order valence-electron chi connectivity index (χ2n) is 19.9. The van der Waals surface area contributed by atoms with E-state index in [4.69, 9.17) is 9.47 Å². The van der Waals surface area contributed by atoms with Gasteiger partial charge < -0.3 is 45.4 Å². The summed E-state index contributed by atoms with van der Waals surface area (Å²) in [6, 6.07) is -0.993. The number of allylic oxidation sites excluding steroid dienone is 3. The van der Waals surface area contributed by atoms with Crippen molar-refractivity contribution >= 4 is 5.91 Å². The molecular formula is C56H107NO9. The molecule has 1 amide bonds. The van der Waals surface area contributed by atoms with Crippen LogP contribution in [-0.2, 0) is 14.3 Å². The number of hydrogen-bond donors (Lipinski definition) is 7. The molecule has 8 atom stereocenters. The number of hydrogen-bond acceptors (Lipinski definition) is 9. The van der Waals surface area contributed by atoms with Gasteiger partial charge in [-0.15, -0.1) is 0 Å². The molecule has 8 unspecified atom stereocenters. The molecular weight excluding hydrogens is 831 g/mol. The van der Waals surface area contributed by atoms with E-state index in [1.807, 2.05) is 6.08 Å². The molecule has 0 saturated carbocycles. The topological polar surface area (TPSA) is 169 Å². The highest BCUT2D eigenvalue weighted by molar-refractivity contribution is 5.80. The molecule has 1 saturated heterocycles. The van der Waals surface area contributed by atoms with Gasteiger partial charge in [0.15, 0.2) is 6.29 Å². The summed E-state index contributed by atoms with van der Waals surface area (Å²) >= 11 is 0. The van der Waals surface area contributed by atoms with E-state index in [1.165, 1.54) is 199 Å². The highest BCUT2D eigenvalue weighted by Gasteiger charge is 2.44. The van der Waals surface area contributed by atoms with E-state index in [-0.39, 0.29) is 6.61 Å². The molecule has 1 fully saturated rings. The lowest BCUT2D eigenvalue weighted by atomic mass is 9.99. The molecule has 390 valence electrons. The number of aliphatic hydroxyl groups is 6. The molecule has 0 aliphatic carbocycles. The maximum absolute atomic E-state index is 13.1. The van der Waals surface area contributed by atoms with Crippen molar-refractivity contribution in [2.24, 2.45) is 0 Å². The number of aliphatic hydroxyl groups excluding tert-OH is 6. The van der Waals surface area contributed by atoms with Crippen LogP contribution in [0.3, 0.4) is 0 Å². The van der Waals surface area contributed by atoms with Gasteiger partial charge in [-0.1, -0.05) is 256 Å². The van der Waals surface area contributed by atoms with Crippen molar-refractivity contribution in [2.75, 3.05) is 13.2 Å². The first-order valence-corrected chi connectivity index (χ1v) is 28.2. The SMILES string of the molecule is CCCCCCCCCC/C=C/CC/C=C/C(O)C(COC1OC(CO)C(O)C(O)C1O)NC(=O)C(O)CCCCCCCCCCCCCCCCCCCCCCCCCCCCC. The minimum atomic E-state index is -1.61. The van der Waals surface area contributed by atoms with Gasteiger partial charge in [-0.3, -0.25) is 4.79 Å². The molecule has 0 aromatic rings. The fourth-order valence-corrected chi connectivity index (χ4v) is 9.06. The van der Waals surface area contributed by atoms with Crippen molar-refractivity contribution in [2.45, 2.75) is 313 Å². The summed E-state index contributed by atoms with van der Waals surface area (Å²) in [5, 5.41) is 64.9. The highest BCUT2D eigenvalue weighted by Crippen LogP contribution is 2.23. The van der Waals surface area contributed by atoms with Crippen LogP contribution in [0.4, 0.5) is 0 Å². The van der Waals surface area contributed by atoms with Gasteiger partial charge in [0.05, 0.1) is 25.4 Å². The summed E-state index contributed by atoms with van der Waals surface area (Å²) in [4.78, 5) is 13.1. The predicted octanol–water partition coefficient (Wildman–Crippen LogP) is 12.4. The van der Waals surface area contributed by atoms with Gasteiger partial charge in [-0.2, -0.15) is 0 Å². The molecule has 66 heavy (non-hydrogen) atoms.